The Kier molecular flexibility index (Phi) is 5.79. The van der Waals surface area contributed by atoms with Crippen LogP contribution in [0.25, 0.3) is 0 Å². The Hall–Kier alpha value is -2.10. The highest BCUT2D eigenvalue weighted by Gasteiger charge is 2.06. The summed E-state index contributed by atoms with van der Waals surface area (Å²) in [4.78, 5) is 22.8. The Labute approximate surface area is 113 Å². The maximum Gasteiger partial charge on any atom is 0.412 e. The fourth-order valence-electron chi connectivity index (χ4n) is 1.38. The SMILES string of the molecule is C=C(C)C(=O)Cc1ccc(OC(=O)NCCC)cc1. The molecule has 4 heteroatoms. The zero-order valence-corrected chi connectivity index (χ0v) is 11.4. The van der Waals surface area contributed by atoms with Gasteiger partial charge in [0.25, 0.3) is 0 Å². The number of amides is 1. The van der Waals surface area contributed by atoms with Gasteiger partial charge in [0.05, 0.1) is 0 Å². The van der Waals surface area contributed by atoms with Gasteiger partial charge in [-0.05, 0) is 36.6 Å². The summed E-state index contributed by atoms with van der Waals surface area (Å²) in [5.41, 5.74) is 1.41. The van der Waals surface area contributed by atoms with Crippen LogP contribution in [0.15, 0.2) is 36.4 Å². The monoisotopic (exact) mass is 261 g/mol. The average molecular weight is 261 g/mol. The van der Waals surface area contributed by atoms with Crippen molar-refractivity contribution in [3.8, 4) is 5.75 Å². The largest absolute Gasteiger partial charge is 0.412 e. The standard InChI is InChI=1S/C15H19NO3/c1-4-9-16-15(18)19-13-7-5-12(6-8-13)10-14(17)11(2)3/h5-8H,2,4,9-10H2,1,3H3,(H,16,18). The predicted molar refractivity (Wildman–Crippen MR) is 74.3 cm³/mol. The predicted octanol–water partition coefficient (Wildman–Crippen LogP) is 2.87. The van der Waals surface area contributed by atoms with Crippen LogP contribution in [0, 0.1) is 0 Å². The van der Waals surface area contributed by atoms with Crippen molar-refractivity contribution in [1.29, 1.82) is 0 Å². The molecule has 0 spiro atoms. The number of rotatable bonds is 6. The zero-order valence-electron chi connectivity index (χ0n) is 11.4. The van der Waals surface area contributed by atoms with Crippen LogP contribution in [0.1, 0.15) is 25.8 Å². The van der Waals surface area contributed by atoms with Crippen molar-refractivity contribution in [2.24, 2.45) is 0 Å². The molecule has 1 rings (SSSR count). The lowest BCUT2D eigenvalue weighted by Gasteiger charge is -2.06. The third-order valence-electron chi connectivity index (χ3n) is 2.49. The maximum absolute atomic E-state index is 11.5. The fraction of sp³-hybridized carbons (Fsp3) is 0.333. The first-order chi connectivity index (χ1) is 9.02. The molecule has 0 bridgehead atoms. The summed E-state index contributed by atoms with van der Waals surface area (Å²) in [5, 5.41) is 2.62. The summed E-state index contributed by atoms with van der Waals surface area (Å²) in [6, 6.07) is 6.88. The van der Waals surface area contributed by atoms with Gasteiger partial charge in [0.15, 0.2) is 5.78 Å². The molecule has 0 aliphatic heterocycles. The van der Waals surface area contributed by atoms with E-state index in [0.717, 1.165) is 12.0 Å². The number of hydrogen-bond donors (Lipinski definition) is 1. The van der Waals surface area contributed by atoms with Crippen LogP contribution in [0.2, 0.25) is 0 Å². The highest BCUT2D eigenvalue weighted by Crippen LogP contribution is 2.13. The van der Waals surface area contributed by atoms with E-state index in [0.29, 0.717) is 24.3 Å². The van der Waals surface area contributed by atoms with Crippen molar-refractivity contribution >= 4 is 11.9 Å². The van der Waals surface area contributed by atoms with Gasteiger partial charge in [0, 0.05) is 13.0 Å². The molecule has 0 aromatic heterocycles. The molecule has 0 unspecified atom stereocenters. The first-order valence-corrected chi connectivity index (χ1v) is 6.26. The number of ketones is 1. The van der Waals surface area contributed by atoms with Crippen LogP contribution in [0.5, 0.6) is 5.75 Å². The Balaban J connectivity index is 2.54. The van der Waals surface area contributed by atoms with Crippen LogP contribution >= 0.6 is 0 Å². The minimum Gasteiger partial charge on any atom is -0.410 e. The number of hydrogen-bond acceptors (Lipinski definition) is 3. The van der Waals surface area contributed by atoms with Gasteiger partial charge in [-0.3, -0.25) is 4.79 Å². The van der Waals surface area contributed by atoms with Crippen LogP contribution in [0.3, 0.4) is 0 Å². The minimum absolute atomic E-state index is 0.00866. The van der Waals surface area contributed by atoms with Gasteiger partial charge in [0.1, 0.15) is 5.75 Å². The molecule has 1 N–H and O–H groups in total. The lowest BCUT2D eigenvalue weighted by atomic mass is 10.1. The topological polar surface area (TPSA) is 55.4 Å². The van der Waals surface area contributed by atoms with E-state index < -0.39 is 6.09 Å². The molecular formula is C15H19NO3. The number of benzene rings is 1. The second-order valence-corrected chi connectivity index (χ2v) is 4.34. The van der Waals surface area contributed by atoms with Gasteiger partial charge in [-0.2, -0.15) is 0 Å². The highest BCUT2D eigenvalue weighted by molar-refractivity contribution is 5.95. The molecule has 0 radical (unpaired) electrons. The summed E-state index contributed by atoms with van der Waals surface area (Å²) < 4.78 is 5.07. The zero-order chi connectivity index (χ0) is 14.3. The summed E-state index contributed by atoms with van der Waals surface area (Å²) in [6.07, 6.45) is 0.710. The van der Waals surface area contributed by atoms with E-state index in [4.69, 9.17) is 4.74 Å². The molecule has 1 amide bonds. The molecule has 0 fully saturated rings. The third kappa shape index (κ3) is 5.38. The number of allylic oxidation sites excluding steroid dienone is 1. The molecule has 0 aliphatic rings. The fourth-order valence-corrected chi connectivity index (χ4v) is 1.38. The van der Waals surface area contributed by atoms with Crippen molar-refractivity contribution in [2.75, 3.05) is 6.54 Å². The third-order valence-corrected chi connectivity index (χ3v) is 2.49. The molecule has 1 aromatic carbocycles. The van der Waals surface area contributed by atoms with Crippen molar-refractivity contribution in [3.05, 3.63) is 42.0 Å². The molecule has 0 saturated carbocycles. The van der Waals surface area contributed by atoms with E-state index in [2.05, 4.69) is 11.9 Å². The Morgan fingerprint density at radius 3 is 2.42 bits per heavy atom. The van der Waals surface area contributed by atoms with Crippen LogP contribution in [-0.2, 0) is 11.2 Å². The molecule has 0 atom stereocenters. The Morgan fingerprint density at radius 1 is 1.26 bits per heavy atom. The van der Waals surface area contributed by atoms with Crippen LogP contribution in [-0.4, -0.2) is 18.4 Å². The van der Waals surface area contributed by atoms with Crippen molar-refractivity contribution in [2.45, 2.75) is 26.7 Å². The first-order valence-electron chi connectivity index (χ1n) is 6.26. The van der Waals surface area contributed by atoms with Crippen LogP contribution < -0.4 is 10.1 Å². The van der Waals surface area contributed by atoms with E-state index in [1.54, 1.807) is 31.2 Å². The summed E-state index contributed by atoms with van der Waals surface area (Å²) in [7, 11) is 0. The van der Waals surface area contributed by atoms with E-state index in [9.17, 15) is 9.59 Å². The van der Waals surface area contributed by atoms with Crippen LogP contribution in [0.4, 0.5) is 4.79 Å². The molecule has 0 heterocycles. The number of carbonyl (C=O) groups is 2. The number of nitrogens with one attached hydrogen (secondary N) is 1. The second-order valence-electron chi connectivity index (χ2n) is 4.34. The summed E-state index contributed by atoms with van der Waals surface area (Å²) >= 11 is 0. The minimum atomic E-state index is -0.465. The molecule has 0 aliphatic carbocycles. The van der Waals surface area contributed by atoms with Gasteiger partial charge in [-0.1, -0.05) is 25.6 Å². The van der Waals surface area contributed by atoms with Gasteiger partial charge in [-0.15, -0.1) is 0 Å². The molecule has 19 heavy (non-hydrogen) atoms. The smallest absolute Gasteiger partial charge is 0.410 e. The quantitative estimate of drug-likeness (QED) is 0.801. The lowest BCUT2D eigenvalue weighted by Crippen LogP contribution is -2.27. The molecule has 102 valence electrons. The molecule has 1 aromatic rings. The number of Topliss-reactive ketones (excluding diaryl/α,β-unsaturated/α-hetero) is 1. The summed E-state index contributed by atoms with van der Waals surface area (Å²) in [6.45, 7) is 7.86. The maximum atomic E-state index is 11.5. The number of ether oxygens (including phenoxy) is 1. The highest BCUT2D eigenvalue weighted by atomic mass is 16.5. The molecular weight excluding hydrogens is 242 g/mol. The van der Waals surface area contributed by atoms with Crippen molar-refractivity contribution in [3.63, 3.8) is 0 Å². The van der Waals surface area contributed by atoms with E-state index >= 15 is 0 Å². The summed E-state index contributed by atoms with van der Waals surface area (Å²) in [5.74, 6) is 0.467. The average Bonchev–Trinajstić information content (AvgIpc) is 2.38. The van der Waals surface area contributed by atoms with E-state index in [-0.39, 0.29) is 5.78 Å². The molecule has 4 nitrogen and oxygen atoms in total. The Bertz CT molecular complexity index is 463. The van der Waals surface area contributed by atoms with Crippen molar-refractivity contribution < 1.29 is 14.3 Å². The lowest BCUT2D eigenvalue weighted by molar-refractivity contribution is -0.114. The van der Waals surface area contributed by atoms with E-state index in [1.165, 1.54) is 0 Å². The van der Waals surface area contributed by atoms with Gasteiger partial charge < -0.3 is 10.1 Å². The van der Waals surface area contributed by atoms with Gasteiger partial charge in [0.2, 0.25) is 0 Å². The second kappa shape index (κ2) is 7.36. The van der Waals surface area contributed by atoms with Gasteiger partial charge in [-0.25, -0.2) is 4.79 Å². The first kappa shape index (κ1) is 15.0. The molecule has 0 saturated heterocycles. The Morgan fingerprint density at radius 2 is 1.89 bits per heavy atom. The normalized spacial score (nSPS) is 9.79. The number of carbonyl (C=O) groups excluding carboxylic acids is 2. The van der Waals surface area contributed by atoms with Gasteiger partial charge >= 0.3 is 6.09 Å². The van der Waals surface area contributed by atoms with Crippen molar-refractivity contribution in [1.82, 2.24) is 5.32 Å². The van der Waals surface area contributed by atoms with E-state index in [1.807, 2.05) is 6.92 Å².